The number of rotatable bonds is 5. The molecule has 2 aromatic rings. The van der Waals surface area contributed by atoms with Gasteiger partial charge < -0.3 is 9.64 Å². The first-order valence-electron chi connectivity index (χ1n) is 9.52. The summed E-state index contributed by atoms with van der Waals surface area (Å²) in [5.74, 6) is 0.254. The minimum absolute atomic E-state index is 0.0445. The third kappa shape index (κ3) is 5.93. The summed E-state index contributed by atoms with van der Waals surface area (Å²) in [5.41, 5.74) is 1.06. The highest BCUT2D eigenvalue weighted by Crippen LogP contribution is 2.48. The highest BCUT2D eigenvalue weighted by Gasteiger charge is 2.32. The van der Waals surface area contributed by atoms with Crippen LogP contribution in [0.1, 0.15) is 19.4 Å². The minimum atomic E-state index is -0.233. The van der Waals surface area contributed by atoms with Crippen LogP contribution < -0.4 is 4.74 Å². The van der Waals surface area contributed by atoms with E-state index in [9.17, 15) is 9.18 Å². The monoisotopic (exact) mass is 746 g/mol. The number of halogens is 6. The Balaban J connectivity index is 1.64. The topological polar surface area (TPSA) is 32.8 Å². The summed E-state index contributed by atoms with van der Waals surface area (Å²) < 4.78 is 22.9. The summed E-state index contributed by atoms with van der Waals surface area (Å²) in [4.78, 5) is 17.2. The van der Waals surface area contributed by atoms with Gasteiger partial charge in [-0.2, -0.15) is 0 Å². The quantitative estimate of drug-likeness (QED) is 0.241. The Hall–Kier alpha value is -0.000000000000000167. The molecular formula is C21H20Br5FN2O2. The van der Waals surface area contributed by atoms with E-state index in [-0.39, 0.29) is 30.4 Å². The van der Waals surface area contributed by atoms with Crippen LogP contribution in [0.25, 0.3) is 0 Å². The van der Waals surface area contributed by atoms with E-state index in [4.69, 9.17) is 4.74 Å². The Morgan fingerprint density at radius 1 is 0.935 bits per heavy atom. The molecule has 1 heterocycles. The smallest absolute Gasteiger partial charge is 0.260 e. The van der Waals surface area contributed by atoms with Crippen LogP contribution >= 0.6 is 79.6 Å². The maximum Gasteiger partial charge on any atom is 0.260 e. The molecule has 0 spiro atoms. The molecule has 0 saturated carbocycles. The van der Waals surface area contributed by atoms with Gasteiger partial charge in [-0.05, 0) is 111 Å². The van der Waals surface area contributed by atoms with Crippen LogP contribution in [-0.2, 0) is 11.3 Å². The van der Waals surface area contributed by atoms with Crippen molar-refractivity contribution in [3.8, 4) is 5.75 Å². The van der Waals surface area contributed by atoms with Crippen molar-refractivity contribution in [3.63, 3.8) is 0 Å². The molecule has 1 fully saturated rings. The van der Waals surface area contributed by atoms with Gasteiger partial charge in [-0.25, -0.2) is 4.39 Å². The zero-order valence-corrected chi connectivity index (χ0v) is 24.7. The standard InChI is InChI=1S/C21H20Br5FN2O2/c1-11-8-29(12(2)7-28(11)9-13-3-5-14(27)6-4-13)15(30)10-31-21-19(25)17(23)16(22)18(24)20(21)26/h3-6,11-12H,7-10H2,1-2H3/t11-,12+/m1/s1. The zero-order valence-electron chi connectivity index (χ0n) is 16.8. The second-order valence-electron chi connectivity index (χ2n) is 7.49. The molecule has 0 unspecified atom stereocenters. The molecule has 4 nitrogen and oxygen atoms in total. The molecule has 31 heavy (non-hydrogen) atoms. The van der Waals surface area contributed by atoms with Gasteiger partial charge in [-0.1, -0.05) is 12.1 Å². The summed E-state index contributed by atoms with van der Waals surface area (Å²) in [6.45, 7) is 6.16. The average Bonchev–Trinajstić information content (AvgIpc) is 2.74. The summed E-state index contributed by atoms with van der Waals surface area (Å²) in [5, 5.41) is 0. The van der Waals surface area contributed by atoms with Crippen molar-refractivity contribution in [2.75, 3.05) is 19.7 Å². The first kappa shape index (κ1) is 25.6. The normalized spacial score (nSPS) is 19.5. The van der Waals surface area contributed by atoms with Gasteiger partial charge in [0.1, 0.15) is 5.82 Å². The van der Waals surface area contributed by atoms with Crippen LogP contribution in [0.15, 0.2) is 46.6 Å². The molecule has 2 atom stereocenters. The number of carbonyl (C=O) groups excluding carboxylic acids is 1. The van der Waals surface area contributed by atoms with E-state index < -0.39 is 0 Å². The van der Waals surface area contributed by atoms with Crippen LogP contribution in [0.4, 0.5) is 4.39 Å². The van der Waals surface area contributed by atoms with Crippen molar-refractivity contribution in [3.05, 3.63) is 58.0 Å². The molecule has 0 bridgehead atoms. The van der Waals surface area contributed by atoms with E-state index in [1.807, 2.05) is 24.0 Å². The van der Waals surface area contributed by atoms with Gasteiger partial charge in [0.2, 0.25) is 0 Å². The Bertz CT molecular complexity index is 944. The second-order valence-corrected chi connectivity index (χ2v) is 11.5. The number of piperazine rings is 1. The number of carbonyl (C=O) groups is 1. The molecule has 2 aromatic carbocycles. The number of benzene rings is 2. The first-order chi connectivity index (χ1) is 14.6. The average molecular weight is 751 g/mol. The Kier molecular flexibility index (Phi) is 9.05. The van der Waals surface area contributed by atoms with Gasteiger partial charge in [-0.15, -0.1) is 0 Å². The molecule has 0 aliphatic carbocycles. The van der Waals surface area contributed by atoms with Crippen LogP contribution in [0.2, 0.25) is 0 Å². The maximum absolute atomic E-state index is 13.2. The molecule has 1 amide bonds. The maximum atomic E-state index is 13.2. The molecule has 1 aliphatic heterocycles. The van der Waals surface area contributed by atoms with Gasteiger partial charge in [0.15, 0.2) is 12.4 Å². The second kappa shape index (κ2) is 11.0. The van der Waals surface area contributed by atoms with Crippen molar-refractivity contribution in [2.45, 2.75) is 32.5 Å². The van der Waals surface area contributed by atoms with Crippen LogP contribution in [-0.4, -0.2) is 47.5 Å². The van der Waals surface area contributed by atoms with E-state index in [0.29, 0.717) is 21.2 Å². The van der Waals surface area contributed by atoms with Crippen LogP contribution in [0.3, 0.4) is 0 Å². The molecule has 10 heteroatoms. The van der Waals surface area contributed by atoms with E-state index in [1.54, 1.807) is 0 Å². The minimum Gasteiger partial charge on any atom is -0.481 e. The van der Waals surface area contributed by atoms with Gasteiger partial charge in [0.25, 0.3) is 5.91 Å². The van der Waals surface area contributed by atoms with Gasteiger partial charge in [0, 0.05) is 36.2 Å². The van der Waals surface area contributed by atoms with Crippen molar-refractivity contribution in [1.29, 1.82) is 0 Å². The molecule has 1 saturated heterocycles. The van der Waals surface area contributed by atoms with Gasteiger partial charge >= 0.3 is 0 Å². The van der Waals surface area contributed by atoms with Gasteiger partial charge in [0.05, 0.1) is 17.9 Å². The molecular weight excluding hydrogens is 731 g/mol. The predicted molar refractivity (Wildman–Crippen MR) is 138 cm³/mol. The molecule has 0 N–H and O–H groups in total. The first-order valence-corrected chi connectivity index (χ1v) is 13.5. The predicted octanol–water partition coefficient (Wildman–Crippen LogP) is 7.14. The highest BCUT2D eigenvalue weighted by atomic mass is 79.9. The lowest BCUT2D eigenvalue weighted by Crippen LogP contribution is -2.58. The number of ether oxygens (including phenoxy) is 1. The number of amides is 1. The summed E-state index contributed by atoms with van der Waals surface area (Å²) in [7, 11) is 0. The fraction of sp³-hybridized carbons (Fsp3) is 0.381. The SMILES string of the molecule is C[C@@H]1CN(C(=O)COc2c(Br)c(Br)c(Br)c(Br)c2Br)[C@@H](C)CN1Cc1ccc(F)cc1. The van der Waals surface area contributed by atoms with Crippen molar-refractivity contribution >= 4 is 85.6 Å². The largest absolute Gasteiger partial charge is 0.481 e. The molecule has 0 aromatic heterocycles. The number of nitrogens with zero attached hydrogens (tertiary/aromatic N) is 2. The van der Waals surface area contributed by atoms with Crippen molar-refractivity contribution < 1.29 is 13.9 Å². The molecule has 0 radical (unpaired) electrons. The van der Waals surface area contributed by atoms with E-state index in [1.165, 1.54) is 12.1 Å². The van der Waals surface area contributed by atoms with E-state index in [0.717, 1.165) is 32.1 Å². The molecule has 168 valence electrons. The fourth-order valence-corrected chi connectivity index (χ4v) is 6.76. The third-order valence-electron chi connectivity index (χ3n) is 5.24. The lowest BCUT2D eigenvalue weighted by atomic mass is 10.1. The lowest BCUT2D eigenvalue weighted by molar-refractivity contribution is -0.139. The Morgan fingerprint density at radius 2 is 1.48 bits per heavy atom. The van der Waals surface area contributed by atoms with Crippen molar-refractivity contribution in [1.82, 2.24) is 9.80 Å². The number of hydrogen-bond donors (Lipinski definition) is 0. The van der Waals surface area contributed by atoms with Crippen LogP contribution in [0, 0.1) is 5.82 Å². The third-order valence-corrected chi connectivity index (χ3v) is 11.3. The molecule has 1 aliphatic rings. The zero-order chi connectivity index (χ0) is 22.9. The van der Waals surface area contributed by atoms with Crippen molar-refractivity contribution in [2.24, 2.45) is 0 Å². The van der Waals surface area contributed by atoms with E-state index >= 15 is 0 Å². The number of hydrogen-bond acceptors (Lipinski definition) is 3. The van der Waals surface area contributed by atoms with Gasteiger partial charge in [-0.3, -0.25) is 9.69 Å². The molecule has 3 rings (SSSR count). The Labute approximate surface area is 223 Å². The summed E-state index contributed by atoms with van der Waals surface area (Å²) >= 11 is 17.6. The fourth-order valence-electron chi connectivity index (χ4n) is 3.52. The Morgan fingerprint density at radius 3 is 2.06 bits per heavy atom. The lowest BCUT2D eigenvalue weighted by Gasteiger charge is -2.44. The van der Waals surface area contributed by atoms with E-state index in [2.05, 4.69) is 91.5 Å². The summed E-state index contributed by atoms with van der Waals surface area (Å²) in [6, 6.07) is 6.80. The highest BCUT2D eigenvalue weighted by molar-refractivity contribution is 9.15. The summed E-state index contributed by atoms with van der Waals surface area (Å²) in [6.07, 6.45) is 0. The van der Waals surface area contributed by atoms with Crippen LogP contribution in [0.5, 0.6) is 5.75 Å².